The van der Waals surface area contributed by atoms with Crippen LogP contribution in [-0.4, -0.2) is 66.4 Å². The van der Waals surface area contributed by atoms with E-state index in [-0.39, 0.29) is 0 Å². The average molecular weight is 299 g/mol. The predicted molar refractivity (Wildman–Crippen MR) is 87.1 cm³/mol. The highest BCUT2D eigenvalue weighted by Gasteiger charge is 2.33. The van der Waals surface area contributed by atoms with Crippen LogP contribution < -0.4 is 5.32 Å². The molecule has 0 aromatic heterocycles. The van der Waals surface area contributed by atoms with Gasteiger partial charge in [-0.3, -0.25) is 4.90 Å². The molecule has 0 bridgehead atoms. The smallest absolute Gasteiger partial charge is 0.169 e. The van der Waals surface area contributed by atoms with Crippen molar-refractivity contribution in [3.63, 3.8) is 0 Å². The Labute approximate surface area is 128 Å². The van der Waals surface area contributed by atoms with Gasteiger partial charge in [0.2, 0.25) is 0 Å². The summed E-state index contributed by atoms with van der Waals surface area (Å²) in [6, 6.07) is 1.24. The van der Waals surface area contributed by atoms with E-state index in [0.717, 1.165) is 44.4 Å². The Bertz CT molecular complexity index is 313. The van der Waals surface area contributed by atoms with E-state index < -0.39 is 0 Å². The van der Waals surface area contributed by atoms with Crippen LogP contribution in [0.5, 0.6) is 0 Å². The molecule has 20 heavy (non-hydrogen) atoms. The Hall–Kier alpha value is -0.390. The van der Waals surface area contributed by atoms with Gasteiger partial charge in [0.05, 0.1) is 0 Å². The molecule has 2 atom stereocenters. The average Bonchev–Trinajstić information content (AvgIpc) is 2.46. The van der Waals surface area contributed by atoms with Crippen LogP contribution in [0.2, 0.25) is 0 Å². The number of ether oxygens (including phenoxy) is 1. The molecule has 5 heteroatoms. The van der Waals surface area contributed by atoms with Gasteiger partial charge in [0, 0.05) is 44.9 Å². The quantitative estimate of drug-likeness (QED) is 0.618. The second-order valence-electron chi connectivity index (χ2n) is 5.93. The van der Waals surface area contributed by atoms with Crippen LogP contribution in [0.25, 0.3) is 0 Å². The number of piperazine rings is 1. The van der Waals surface area contributed by atoms with Crippen LogP contribution in [0.4, 0.5) is 0 Å². The van der Waals surface area contributed by atoms with Crippen LogP contribution >= 0.6 is 12.2 Å². The highest BCUT2D eigenvalue weighted by atomic mass is 32.1. The van der Waals surface area contributed by atoms with Crippen molar-refractivity contribution >= 4 is 17.3 Å². The maximum atomic E-state index is 5.58. The summed E-state index contributed by atoms with van der Waals surface area (Å²) in [6.45, 7) is 10.4. The number of nitrogens with one attached hydrogen (secondary N) is 1. The normalized spacial score (nSPS) is 27.2. The summed E-state index contributed by atoms with van der Waals surface area (Å²) in [4.78, 5) is 5.05. The summed E-state index contributed by atoms with van der Waals surface area (Å²) in [5, 5.41) is 4.33. The molecule has 4 nitrogen and oxygen atoms in total. The Morgan fingerprint density at radius 3 is 3.00 bits per heavy atom. The lowest BCUT2D eigenvalue weighted by Gasteiger charge is -2.48. The van der Waals surface area contributed by atoms with Gasteiger partial charge in [0.25, 0.3) is 0 Å². The zero-order valence-electron chi connectivity index (χ0n) is 12.9. The Kier molecular flexibility index (Phi) is 6.52. The topological polar surface area (TPSA) is 27.7 Å². The van der Waals surface area contributed by atoms with Gasteiger partial charge in [-0.25, -0.2) is 0 Å². The summed E-state index contributed by atoms with van der Waals surface area (Å²) in [5.74, 6) is 0. The first kappa shape index (κ1) is 16.0. The molecule has 0 amide bonds. The second kappa shape index (κ2) is 8.15. The minimum Gasteiger partial charge on any atom is -0.382 e. The lowest BCUT2D eigenvalue weighted by atomic mass is 9.97. The van der Waals surface area contributed by atoms with E-state index in [4.69, 9.17) is 17.0 Å². The molecule has 0 aromatic carbocycles. The molecule has 0 aliphatic carbocycles. The molecule has 2 rings (SSSR count). The molecule has 1 N–H and O–H groups in total. The molecule has 2 saturated heterocycles. The van der Waals surface area contributed by atoms with Crippen LogP contribution in [0.3, 0.4) is 0 Å². The van der Waals surface area contributed by atoms with Gasteiger partial charge in [-0.2, -0.15) is 0 Å². The molecule has 2 fully saturated rings. The van der Waals surface area contributed by atoms with Crippen molar-refractivity contribution in [2.24, 2.45) is 0 Å². The summed E-state index contributed by atoms with van der Waals surface area (Å²) in [7, 11) is 0. The van der Waals surface area contributed by atoms with Crippen LogP contribution in [0.15, 0.2) is 0 Å². The zero-order chi connectivity index (χ0) is 14.4. The summed E-state index contributed by atoms with van der Waals surface area (Å²) in [5.41, 5.74) is 0. The largest absolute Gasteiger partial charge is 0.382 e. The van der Waals surface area contributed by atoms with E-state index in [1.165, 1.54) is 25.8 Å². The lowest BCUT2D eigenvalue weighted by molar-refractivity contribution is 0.0498. The minimum atomic E-state index is 0.524. The molecular formula is C15H29N3OS. The molecular weight excluding hydrogens is 270 g/mol. The Morgan fingerprint density at radius 2 is 2.20 bits per heavy atom. The monoisotopic (exact) mass is 299 g/mol. The summed E-state index contributed by atoms with van der Waals surface area (Å²) in [6.07, 6.45) is 5.09. The zero-order valence-corrected chi connectivity index (χ0v) is 13.8. The lowest BCUT2D eigenvalue weighted by Crippen LogP contribution is -2.61. The number of thiocarbonyl (C=S) groups is 1. The molecule has 0 spiro atoms. The third-order valence-electron chi connectivity index (χ3n) is 4.39. The Balaban J connectivity index is 1.74. The molecule has 2 aliphatic rings. The number of fused-ring (bicyclic) bond motifs is 1. The first-order valence-electron chi connectivity index (χ1n) is 8.08. The highest BCUT2D eigenvalue weighted by molar-refractivity contribution is 7.80. The first-order chi connectivity index (χ1) is 9.72. The van der Waals surface area contributed by atoms with E-state index in [2.05, 4.69) is 22.0 Å². The predicted octanol–water partition coefficient (Wildman–Crippen LogP) is 1.85. The maximum Gasteiger partial charge on any atom is 0.169 e. The summed E-state index contributed by atoms with van der Waals surface area (Å²) < 4.78 is 5.35. The fourth-order valence-electron chi connectivity index (χ4n) is 3.25. The number of hydrogen-bond donors (Lipinski definition) is 1. The van der Waals surface area contributed by atoms with Crippen molar-refractivity contribution in [3.8, 4) is 0 Å². The molecule has 0 aromatic rings. The van der Waals surface area contributed by atoms with Crippen molar-refractivity contribution in [3.05, 3.63) is 0 Å². The third kappa shape index (κ3) is 4.30. The molecule has 0 radical (unpaired) electrons. The van der Waals surface area contributed by atoms with Gasteiger partial charge >= 0.3 is 0 Å². The first-order valence-corrected chi connectivity index (χ1v) is 8.49. The van der Waals surface area contributed by atoms with Gasteiger partial charge < -0.3 is 15.0 Å². The SMILES string of the molecule is CCOCCCNC(=S)N1CC2CCCCN2CC1C. The van der Waals surface area contributed by atoms with E-state index in [9.17, 15) is 0 Å². The maximum absolute atomic E-state index is 5.58. The van der Waals surface area contributed by atoms with Crippen LogP contribution in [0, 0.1) is 0 Å². The minimum absolute atomic E-state index is 0.524. The molecule has 116 valence electrons. The second-order valence-corrected chi connectivity index (χ2v) is 6.32. The highest BCUT2D eigenvalue weighted by Crippen LogP contribution is 2.23. The van der Waals surface area contributed by atoms with Crippen molar-refractivity contribution in [2.75, 3.05) is 39.4 Å². The van der Waals surface area contributed by atoms with Gasteiger partial charge in [0.15, 0.2) is 5.11 Å². The van der Waals surface area contributed by atoms with Gasteiger partial charge in [-0.05, 0) is 51.9 Å². The van der Waals surface area contributed by atoms with Crippen molar-refractivity contribution in [2.45, 2.75) is 51.6 Å². The number of nitrogens with zero attached hydrogens (tertiary/aromatic N) is 2. The number of hydrogen-bond acceptors (Lipinski definition) is 3. The van der Waals surface area contributed by atoms with E-state index >= 15 is 0 Å². The van der Waals surface area contributed by atoms with Crippen LogP contribution in [0.1, 0.15) is 39.5 Å². The molecule has 0 saturated carbocycles. The number of piperidine rings is 1. The van der Waals surface area contributed by atoms with E-state index in [1.807, 2.05) is 6.92 Å². The van der Waals surface area contributed by atoms with E-state index in [1.54, 1.807) is 0 Å². The molecule has 2 heterocycles. The molecule has 2 unspecified atom stereocenters. The Morgan fingerprint density at radius 1 is 1.35 bits per heavy atom. The molecule has 2 aliphatic heterocycles. The standard InChI is InChI=1S/C15H29N3OS/c1-3-19-10-6-8-16-15(20)18-12-14-7-4-5-9-17(14)11-13(18)2/h13-14H,3-12H2,1-2H3,(H,16,20). The van der Waals surface area contributed by atoms with Gasteiger partial charge in [-0.15, -0.1) is 0 Å². The fourth-order valence-corrected chi connectivity index (χ4v) is 3.61. The number of rotatable bonds is 5. The van der Waals surface area contributed by atoms with E-state index in [0.29, 0.717) is 12.1 Å². The van der Waals surface area contributed by atoms with Crippen molar-refractivity contribution in [1.82, 2.24) is 15.1 Å². The third-order valence-corrected chi connectivity index (χ3v) is 4.77. The fraction of sp³-hybridized carbons (Fsp3) is 0.933. The van der Waals surface area contributed by atoms with Crippen LogP contribution in [-0.2, 0) is 4.74 Å². The van der Waals surface area contributed by atoms with Gasteiger partial charge in [-0.1, -0.05) is 6.42 Å². The van der Waals surface area contributed by atoms with Crippen molar-refractivity contribution < 1.29 is 4.74 Å². The van der Waals surface area contributed by atoms with Crippen molar-refractivity contribution in [1.29, 1.82) is 0 Å². The summed E-state index contributed by atoms with van der Waals surface area (Å²) >= 11 is 5.58. The van der Waals surface area contributed by atoms with Gasteiger partial charge in [0.1, 0.15) is 0 Å².